The number of aryl methyl sites for hydroxylation is 1. The highest BCUT2D eigenvalue weighted by molar-refractivity contribution is 5.92. The fraction of sp³-hybridized carbons (Fsp3) is 0.357. The zero-order valence-electron chi connectivity index (χ0n) is 11.5. The van der Waals surface area contributed by atoms with Gasteiger partial charge in [-0.3, -0.25) is 0 Å². The molecule has 1 heterocycles. The molecule has 6 nitrogen and oxygen atoms in total. The van der Waals surface area contributed by atoms with Gasteiger partial charge in [-0.2, -0.15) is 0 Å². The van der Waals surface area contributed by atoms with Crippen LogP contribution in [0.15, 0.2) is 24.3 Å². The molecule has 1 aromatic heterocycles. The maximum atomic E-state index is 11.2. The van der Waals surface area contributed by atoms with E-state index in [9.17, 15) is 9.90 Å². The Balaban J connectivity index is 2.43. The first-order chi connectivity index (χ1) is 9.67. The summed E-state index contributed by atoms with van der Waals surface area (Å²) in [7, 11) is 0. The van der Waals surface area contributed by atoms with Crippen LogP contribution < -0.4 is 4.74 Å². The molecule has 106 valence electrons. The Morgan fingerprint density at radius 3 is 2.55 bits per heavy atom. The number of rotatable bonds is 6. The summed E-state index contributed by atoms with van der Waals surface area (Å²) in [5, 5.41) is 16.9. The van der Waals surface area contributed by atoms with Crippen LogP contribution in [0.4, 0.5) is 0 Å². The zero-order valence-corrected chi connectivity index (χ0v) is 11.5. The summed E-state index contributed by atoms with van der Waals surface area (Å²) in [6.07, 6.45) is 0.854. The maximum Gasteiger partial charge on any atom is 0.358 e. The van der Waals surface area contributed by atoms with Gasteiger partial charge in [0.25, 0.3) is 0 Å². The molecule has 0 saturated carbocycles. The second-order valence-corrected chi connectivity index (χ2v) is 4.27. The van der Waals surface area contributed by atoms with E-state index in [4.69, 9.17) is 4.74 Å². The van der Waals surface area contributed by atoms with Gasteiger partial charge in [0.1, 0.15) is 11.4 Å². The average molecular weight is 275 g/mol. The molecule has 0 spiro atoms. The largest absolute Gasteiger partial charge is 0.494 e. The Morgan fingerprint density at radius 1 is 1.30 bits per heavy atom. The van der Waals surface area contributed by atoms with Gasteiger partial charge >= 0.3 is 5.97 Å². The van der Waals surface area contributed by atoms with Crippen LogP contribution in [0, 0.1) is 0 Å². The topological polar surface area (TPSA) is 77.2 Å². The second kappa shape index (κ2) is 6.18. The van der Waals surface area contributed by atoms with Crippen LogP contribution in [0.5, 0.6) is 5.75 Å². The van der Waals surface area contributed by atoms with Gasteiger partial charge in [0, 0.05) is 12.1 Å². The lowest BCUT2D eigenvalue weighted by atomic mass is 10.1. The minimum absolute atomic E-state index is 0.0254. The highest BCUT2D eigenvalue weighted by Gasteiger charge is 2.20. The summed E-state index contributed by atoms with van der Waals surface area (Å²) in [6, 6.07) is 7.27. The predicted octanol–water partition coefficient (Wildman–Crippen LogP) is 2.45. The first-order valence-corrected chi connectivity index (χ1v) is 6.57. The first kappa shape index (κ1) is 14.0. The normalized spacial score (nSPS) is 10.5. The number of ether oxygens (including phenoxy) is 1. The molecular weight excluding hydrogens is 258 g/mol. The van der Waals surface area contributed by atoms with Crippen molar-refractivity contribution < 1.29 is 14.6 Å². The molecule has 1 aromatic carbocycles. The summed E-state index contributed by atoms with van der Waals surface area (Å²) in [4.78, 5) is 11.2. The molecule has 1 N–H and O–H groups in total. The number of aromatic nitrogens is 3. The molecule has 0 unspecified atom stereocenters. The van der Waals surface area contributed by atoms with Crippen molar-refractivity contribution in [3.63, 3.8) is 0 Å². The molecule has 0 fully saturated rings. The number of hydrogen-bond donors (Lipinski definition) is 1. The molecular formula is C14H17N3O3. The number of benzene rings is 1. The first-order valence-electron chi connectivity index (χ1n) is 6.57. The second-order valence-electron chi connectivity index (χ2n) is 4.27. The van der Waals surface area contributed by atoms with E-state index in [1.54, 1.807) is 4.68 Å². The standard InChI is InChI=1S/C14H17N3O3/c1-3-9-17-13(12(14(18)19)15-16-17)10-5-7-11(8-6-10)20-4-2/h5-8H,3-4,9H2,1-2H3,(H,18,19). The van der Waals surface area contributed by atoms with Crippen molar-refractivity contribution in [2.75, 3.05) is 6.61 Å². The van der Waals surface area contributed by atoms with Crippen molar-refractivity contribution in [1.29, 1.82) is 0 Å². The van der Waals surface area contributed by atoms with Crippen molar-refractivity contribution in [2.24, 2.45) is 0 Å². The quantitative estimate of drug-likeness (QED) is 0.876. The van der Waals surface area contributed by atoms with Crippen LogP contribution >= 0.6 is 0 Å². The average Bonchev–Trinajstić information content (AvgIpc) is 2.84. The van der Waals surface area contributed by atoms with E-state index in [2.05, 4.69) is 10.3 Å². The molecule has 0 aliphatic rings. The van der Waals surface area contributed by atoms with Crippen LogP contribution in [0.25, 0.3) is 11.3 Å². The van der Waals surface area contributed by atoms with Gasteiger partial charge in [0.2, 0.25) is 0 Å². The van der Waals surface area contributed by atoms with Crippen molar-refractivity contribution >= 4 is 5.97 Å². The lowest BCUT2D eigenvalue weighted by Gasteiger charge is -2.07. The van der Waals surface area contributed by atoms with E-state index in [0.29, 0.717) is 18.8 Å². The monoisotopic (exact) mass is 275 g/mol. The Hall–Kier alpha value is -2.37. The van der Waals surface area contributed by atoms with Gasteiger partial charge < -0.3 is 9.84 Å². The van der Waals surface area contributed by atoms with Crippen LogP contribution in [0.3, 0.4) is 0 Å². The third-order valence-corrected chi connectivity index (χ3v) is 2.81. The molecule has 0 amide bonds. The van der Waals surface area contributed by atoms with Crippen LogP contribution in [-0.4, -0.2) is 32.7 Å². The Labute approximate surface area is 117 Å². The zero-order chi connectivity index (χ0) is 14.5. The third-order valence-electron chi connectivity index (χ3n) is 2.81. The van der Waals surface area contributed by atoms with Crippen molar-refractivity contribution in [3.05, 3.63) is 30.0 Å². The van der Waals surface area contributed by atoms with Crippen molar-refractivity contribution in [3.8, 4) is 17.0 Å². The van der Waals surface area contributed by atoms with E-state index in [1.165, 1.54) is 0 Å². The van der Waals surface area contributed by atoms with Gasteiger partial charge in [0.15, 0.2) is 5.69 Å². The van der Waals surface area contributed by atoms with E-state index >= 15 is 0 Å². The van der Waals surface area contributed by atoms with Crippen molar-refractivity contribution in [2.45, 2.75) is 26.8 Å². The summed E-state index contributed by atoms with van der Waals surface area (Å²) in [5.41, 5.74) is 1.27. The minimum atomic E-state index is -1.07. The molecule has 0 atom stereocenters. The Kier molecular flexibility index (Phi) is 4.34. The van der Waals surface area contributed by atoms with Gasteiger partial charge in [-0.25, -0.2) is 9.48 Å². The fourth-order valence-corrected chi connectivity index (χ4v) is 1.99. The SMILES string of the molecule is CCCn1nnc(C(=O)O)c1-c1ccc(OCC)cc1. The van der Waals surface area contributed by atoms with Crippen molar-refractivity contribution in [1.82, 2.24) is 15.0 Å². The van der Waals surface area contributed by atoms with E-state index < -0.39 is 5.97 Å². The molecule has 20 heavy (non-hydrogen) atoms. The lowest BCUT2D eigenvalue weighted by molar-refractivity contribution is 0.0691. The Bertz CT molecular complexity index is 590. The minimum Gasteiger partial charge on any atom is -0.494 e. The van der Waals surface area contributed by atoms with Gasteiger partial charge in [-0.15, -0.1) is 5.10 Å². The molecule has 0 bridgehead atoms. The molecule has 6 heteroatoms. The van der Waals surface area contributed by atoms with E-state index in [1.807, 2.05) is 38.1 Å². The van der Waals surface area contributed by atoms with Gasteiger partial charge in [-0.05, 0) is 37.6 Å². The molecule has 2 aromatic rings. The summed E-state index contributed by atoms with van der Waals surface area (Å²) in [5.74, 6) is -0.320. The molecule has 0 saturated heterocycles. The molecule has 0 aliphatic carbocycles. The molecule has 0 radical (unpaired) electrons. The van der Waals surface area contributed by atoms with Crippen LogP contribution in [-0.2, 0) is 6.54 Å². The number of carbonyl (C=O) groups is 1. The smallest absolute Gasteiger partial charge is 0.358 e. The number of aromatic carboxylic acids is 1. The highest BCUT2D eigenvalue weighted by Crippen LogP contribution is 2.25. The lowest BCUT2D eigenvalue weighted by Crippen LogP contribution is -2.04. The van der Waals surface area contributed by atoms with Crippen LogP contribution in [0.1, 0.15) is 30.8 Å². The number of carboxylic acids is 1. The van der Waals surface area contributed by atoms with Crippen LogP contribution in [0.2, 0.25) is 0 Å². The number of nitrogens with zero attached hydrogens (tertiary/aromatic N) is 3. The van der Waals surface area contributed by atoms with E-state index in [0.717, 1.165) is 17.7 Å². The number of hydrogen-bond acceptors (Lipinski definition) is 4. The highest BCUT2D eigenvalue weighted by atomic mass is 16.5. The van der Waals surface area contributed by atoms with Gasteiger partial charge in [-0.1, -0.05) is 12.1 Å². The predicted molar refractivity (Wildman–Crippen MR) is 73.9 cm³/mol. The third kappa shape index (κ3) is 2.79. The summed E-state index contributed by atoms with van der Waals surface area (Å²) >= 11 is 0. The summed E-state index contributed by atoms with van der Waals surface area (Å²) in [6.45, 7) is 5.14. The molecule has 0 aliphatic heterocycles. The van der Waals surface area contributed by atoms with E-state index in [-0.39, 0.29) is 5.69 Å². The maximum absolute atomic E-state index is 11.2. The fourth-order valence-electron chi connectivity index (χ4n) is 1.99. The Morgan fingerprint density at radius 2 is 2.00 bits per heavy atom. The van der Waals surface area contributed by atoms with Gasteiger partial charge in [0.05, 0.1) is 6.61 Å². The molecule has 2 rings (SSSR count). The number of carboxylic acid groups (broad SMARTS) is 1. The summed E-state index contributed by atoms with van der Waals surface area (Å²) < 4.78 is 7.00.